The van der Waals surface area contributed by atoms with Gasteiger partial charge >= 0.3 is 10.3 Å². The molecule has 0 saturated carbocycles. The quantitative estimate of drug-likeness (QED) is 0.739. The molecule has 0 aromatic rings. The molecule has 0 amide bonds. The molecule has 0 aromatic heterocycles. The van der Waals surface area contributed by atoms with Crippen LogP contribution in [0.3, 0.4) is 0 Å². The van der Waals surface area contributed by atoms with Crippen LogP contribution in [0.5, 0.6) is 0 Å². The lowest BCUT2D eigenvalue weighted by molar-refractivity contribution is -0.290. The number of hydrogen-bond acceptors (Lipinski definition) is 8. The SMILES string of the molecule is CC1(C)O[C@@H]2CO[C@@]3(COS(N)(=O)=O)OC(C)(C)OC3[C@@H]2O1. The highest BCUT2D eigenvalue weighted by atomic mass is 32.2. The summed E-state index contributed by atoms with van der Waals surface area (Å²) in [6.45, 7) is 6.71. The summed E-state index contributed by atoms with van der Waals surface area (Å²) < 4.78 is 55.9. The van der Waals surface area contributed by atoms with Gasteiger partial charge in [-0.2, -0.15) is 8.42 Å². The van der Waals surface area contributed by atoms with Crippen molar-refractivity contribution in [3.63, 3.8) is 0 Å². The second-order valence-corrected chi connectivity index (χ2v) is 7.78. The average molecular weight is 339 g/mol. The smallest absolute Gasteiger partial charge is 0.333 e. The van der Waals surface area contributed by atoms with Gasteiger partial charge in [-0.25, -0.2) is 5.14 Å². The summed E-state index contributed by atoms with van der Waals surface area (Å²) in [6.07, 6.45) is -1.50. The summed E-state index contributed by atoms with van der Waals surface area (Å²) in [5.41, 5.74) is 0. The molecule has 3 aliphatic heterocycles. The molecule has 128 valence electrons. The molecule has 3 aliphatic rings. The van der Waals surface area contributed by atoms with Crippen molar-refractivity contribution in [3.05, 3.63) is 0 Å². The molecule has 9 nitrogen and oxygen atoms in total. The minimum Gasteiger partial charge on any atom is -0.343 e. The van der Waals surface area contributed by atoms with Crippen molar-refractivity contribution in [2.75, 3.05) is 13.2 Å². The van der Waals surface area contributed by atoms with Crippen molar-refractivity contribution in [1.82, 2.24) is 0 Å². The van der Waals surface area contributed by atoms with E-state index in [-0.39, 0.29) is 12.7 Å². The van der Waals surface area contributed by atoms with E-state index >= 15 is 0 Å². The molecule has 2 N–H and O–H groups in total. The molecule has 0 radical (unpaired) electrons. The van der Waals surface area contributed by atoms with Crippen molar-refractivity contribution >= 4 is 10.3 Å². The third-order valence-corrected chi connectivity index (χ3v) is 4.15. The fourth-order valence-electron chi connectivity index (χ4n) is 3.11. The third kappa shape index (κ3) is 3.02. The summed E-state index contributed by atoms with van der Waals surface area (Å²) in [4.78, 5) is 0. The monoisotopic (exact) mass is 339 g/mol. The molecule has 3 saturated heterocycles. The van der Waals surface area contributed by atoms with Crippen molar-refractivity contribution in [2.24, 2.45) is 5.14 Å². The maximum absolute atomic E-state index is 11.1. The van der Waals surface area contributed by atoms with E-state index in [0.717, 1.165) is 0 Å². The van der Waals surface area contributed by atoms with Crippen LogP contribution in [0.1, 0.15) is 27.7 Å². The van der Waals surface area contributed by atoms with Gasteiger partial charge in [-0.1, -0.05) is 0 Å². The van der Waals surface area contributed by atoms with Gasteiger partial charge < -0.3 is 23.7 Å². The highest BCUT2D eigenvalue weighted by Gasteiger charge is 2.65. The fourth-order valence-corrected chi connectivity index (χ4v) is 3.44. The van der Waals surface area contributed by atoms with Gasteiger partial charge in [0.15, 0.2) is 11.6 Å². The van der Waals surface area contributed by atoms with Crippen LogP contribution < -0.4 is 5.14 Å². The summed E-state index contributed by atoms with van der Waals surface area (Å²) >= 11 is 0. The molecule has 0 aliphatic carbocycles. The molecule has 22 heavy (non-hydrogen) atoms. The lowest BCUT2D eigenvalue weighted by atomic mass is 9.98. The Bertz CT molecular complexity index is 561. The van der Waals surface area contributed by atoms with E-state index in [9.17, 15) is 8.42 Å². The van der Waals surface area contributed by atoms with Gasteiger partial charge in [0.1, 0.15) is 24.9 Å². The van der Waals surface area contributed by atoms with Crippen LogP contribution in [-0.4, -0.2) is 57.3 Å². The summed E-state index contributed by atoms with van der Waals surface area (Å²) in [7, 11) is -4.14. The van der Waals surface area contributed by atoms with E-state index in [1.165, 1.54) is 0 Å². The minimum atomic E-state index is -4.14. The fraction of sp³-hybridized carbons (Fsp3) is 1.00. The number of hydrogen-bond donors (Lipinski definition) is 1. The van der Waals surface area contributed by atoms with Gasteiger partial charge in [-0.05, 0) is 27.7 Å². The Morgan fingerprint density at radius 3 is 2.45 bits per heavy atom. The van der Waals surface area contributed by atoms with Crippen LogP contribution in [0.25, 0.3) is 0 Å². The van der Waals surface area contributed by atoms with E-state index in [1.54, 1.807) is 27.7 Å². The molecular formula is C12H21NO8S. The van der Waals surface area contributed by atoms with E-state index in [0.29, 0.717) is 0 Å². The lowest BCUT2D eigenvalue weighted by Gasteiger charge is -2.40. The Hall–Kier alpha value is -0.330. The number of fused-ring (bicyclic) bond motifs is 3. The highest BCUT2D eigenvalue weighted by molar-refractivity contribution is 7.84. The molecule has 3 rings (SSSR count). The first-order valence-electron chi connectivity index (χ1n) is 6.96. The Labute approximate surface area is 129 Å². The number of ether oxygens (including phenoxy) is 5. The summed E-state index contributed by atoms with van der Waals surface area (Å²) in [6, 6.07) is 0. The van der Waals surface area contributed by atoms with Gasteiger partial charge in [-0.15, -0.1) is 0 Å². The first-order chi connectivity index (χ1) is 9.92. The molecule has 0 spiro atoms. The normalized spacial score (nSPS) is 42.9. The topological polar surface area (TPSA) is 116 Å². The van der Waals surface area contributed by atoms with Crippen molar-refractivity contribution in [2.45, 2.75) is 63.4 Å². The second-order valence-electron chi connectivity index (χ2n) is 6.56. The van der Waals surface area contributed by atoms with Crippen molar-refractivity contribution < 1.29 is 36.3 Å². The van der Waals surface area contributed by atoms with E-state index < -0.39 is 46.5 Å². The molecule has 10 heteroatoms. The van der Waals surface area contributed by atoms with Crippen molar-refractivity contribution in [3.8, 4) is 0 Å². The van der Waals surface area contributed by atoms with Crippen LogP contribution in [0.4, 0.5) is 0 Å². The standard InChI is InChI=1S/C12H21NO8S/c1-10(2)18-7-5-16-12(6-17-22(13,14)15)9(8(7)19-10)20-11(3,4)21-12/h7-9H,5-6H2,1-4H3,(H2,13,14,15)/t7-,8-,9?,12+/m1/s1. The maximum Gasteiger partial charge on any atom is 0.333 e. The average Bonchev–Trinajstić information content (AvgIpc) is 2.78. The van der Waals surface area contributed by atoms with Gasteiger partial charge in [0.25, 0.3) is 0 Å². The Balaban J connectivity index is 1.87. The molecular weight excluding hydrogens is 318 g/mol. The highest BCUT2D eigenvalue weighted by Crippen LogP contribution is 2.47. The first-order valence-corrected chi connectivity index (χ1v) is 8.43. The number of nitrogens with two attached hydrogens (primary N) is 1. The maximum atomic E-state index is 11.1. The Morgan fingerprint density at radius 1 is 1.14 bits per heavy atom. The Kier molecular flexibility index (Phi) is 3.63. The zero-order chi connectivity index (χ0) is 16.4. The van der Waals surface area contributed by atoms with Gasteiger partial charge in [0.05, 0.1) is 6.61 Å². The van der Waals surface area contributed by atoms with Crippen molar-refractivity contribution in [1.29, 1.82) is 0 Å². The third-order valence-electron chi connectivity index (χ3n) is 3.70. The van der Waals surface area contributed by atoms with E-state index in [1.807, 2.05) is 0 Å². The molecule has 3 heterocycles. The minimum absolute atomic E-state index is 0.165. The van der Waals surface area contributed by atoms with E-state index in [4.69, 9.17) is 33.0 Å². The van der Waals surface area contributed by atoms with Crippen LogP contribution >= 0.6 is 0 Å². The summed E-state index contributed by atoms with van der Waals surface area (Å²) in [5, 5.41) is 4.89. The first kappa shape index (κ1) is 16.5. The molecule has 4 atom stereocenters. The van der Waals surface area contributed by atoms with Crippen LogP contribution in [0.15, 0.2) is 0 Å². The van der Waals surface area contributed by atoms with Gasteiger partial charge in [0.2, 0.25) is 5.79 Å². The predicted molar refractivity (Wildman–Crippen MR) is 71.6 cm³/mol. The van der Waals surface area contributed by atoms with Gasteiger partial charge in [0, 0.05) is 0 Å². The van der Waals surface area contributed by atoms with E-state index in [2.05, 4.69) is 0 Å². The molecule has 1 unspecified atom stereocenters. The second kappa shape index (κ2) is 4.84. The zero-order valence-corrected chi connectivity index (χ0v) is 13.7. The van der Waals surface area contributed by atoms with Gasteiger partial charge in [-0.3, -0.25) is 4.18 Å². The van der Waals surface area contributed by atoms with Crippen LogP contribution in [0, 0.1) is 0 Å². The number of rotatable bonds is 3. The molecule has 0 bridgehead atoms. The zero-order valence-electron chi connectivity index (χ0n) is 12.9. The van der Waals surface area contributed by atoms with Crippen LogP contribution in [-0.2, 0) is 38.2 Å². The van der Waals surface area contributed by atoms with Crippen LogP contribution in [0.2, 0.25) is 0 Å². The molecule has 3 fully saturated rings. The molecule has 0 aromatic carbocycles. The Morgan fingerprint density at radius 2 is 1.82 bits per heavy atom. The predicted octanol–water partition coefficient (Wildman–Crippen LogP) is -0.395. The summed E-state index contributed by atoms with van der Waals surface area (Å²) in [5.74, 6) is -3.19. The largest absolute Gasteiger partial charge is 0.343 e. The lowest BCUT2D eigenvalue weighted by Crippen LogP contribution is -2.60.